The number of amides is 8. The van der Waals surface area contributed by atoms with Gasteiger partial charge in [-0.05, 0) is 49.3 Å². The largest absolute Gasteiger partial charge is 0.370 e. The number of hydrogen-bond donors (Lipinski definition) is 9. The first-order valence-corrected chi connectivity index (χ1v) is 22.6. The van der Waals surface area contributed by atoms with Gasteiger partial charge in [0, 0.05) is 55.6 Å². The van der Waals surface area contributed by atoms with Gasteiger partial charge in [0.1, 0.15) is 30.2 Å². The summed E-state index contributed by atoms with van der Waals surface area (Å²) >= 11 is 0. The molecule has 2 aromatic heterocycles. The van der Waals surface area contributed by atoms with Crippen LogP contribution in [0.3, 0.4) is 0 Å². The lowest BCUT2D eigenvalue weighted by Crippen LogP contribution is -2.60. The maximum absolute atomic E-state index is 15.0. The maximum atomic E-state index is 15.0. The van der Waals surface area contributed by atoms with Gasteiger partial charge in [0.15, 0.2) is 0 Å². The van der Waals surface area contributed by atoms with E-state index in [0.29, 0.717) is 36.9 Å². The Balaban J connectivity index is 1.38. The fraction of sp³-hybridized carbons (Fsp3) is 0.478. The lowest BCUT2D eigenvalue weighted by atomic mass is 9.96. The van der Waals surface area contributed by atoms with Crippen molar-refractivity contribution in [2.45, 2.75) is 121 Å². The number of fused-ring (bicyclic) bond motifs is 2. The van der Waals surface area contributed by atoms with E-state index >= 15 is 4.79 Å². The number of aromatic amines is 1. The maximum Gasteiger partial charge on any atom is 0.246 e. The average Bonchev–Trinajstić information content (AvgIpc) is 4.05. The number of nitrogens with one attached hydrogen (secondary N) is 6. The molecule has 67 heavy (non-hydrogen) atoms. The molecule has 21 nitrogen and oxygen atoms in total. The van der Waals surface area contributed by atoms with E-state index in [2.05, 4.69) is 41.9 Å². The molecule has 0 spiro atoms. The Bertz CT molecular complexity index is 2470. The predicted octanol–water partition coefficient (Wildman–Crippen LogP) is -0.593. The molecule has 2 aliphatic rings. The summed E-state index contributed by atoms with van der Waals surface area (Å²) in [4.78, 5) is 114. The standard InChI is InChI=1S/C46H61N13O8/c1-4-26(3)40-46(67)58-24-30(59-23-29(56-57-59)17-27-11-9-10-25(2)16-27)19-37(58)45(66)54-35(18-28-22-51-33-13-6-5-12-31(28)33)43(64)52-34(41(49)62)14-7-8-15-50-39(61)20-32(47)42(63)53-36(21-38(48)60)44(65)55-40/h5-6,9-13,16,22-23,26,30,32,34-37,40,51H,4,7-8,14-15,17-21,24,47H2,1-3H3,(H2,48,60)(H2,49,62)(H,50,61)(H,52,64)(H,53,63)(H,54,66)(H,55,65)/t26-,30?,32-,34?,35-,36?,37-,40-/m0/s1. The van der Waals surface area contributed by atoms with Crippen LogP contribution in [0.15, 0.2) is 60.9 Å². The van der Waals surface area contributed by atoms with Crippen LogP contribution in [0.4, 0.5) is 0 Å². The third kappa shape index (κ3) is 12.8. The highest BCUT2D eigenvalue weighted by molar-refractivity contribution is 5.99. The van der Waals surface area contributed by atoms with Crippen LogP contribution in [-0.2, 0) is 51.2 Å². The Kier molecular flexibility index (Phi) is 16.4. The highest BCUT2D eigenvalue weighted by Gasteiger charge is 2.45. The quantitative estimate of drug-likeness (QED) is 0.0968. The minimum absolute atomic E-state index is 0.0186. The summed E-state index contributed by atoms with van der Waals surface area (Å²) in [5.41, 5.74) is 21.6. The van der Waals surface area contributed by atoms with E-state index in [1.807, 2.05) is 55.5 Å². The number of aromatic nitrogens is 4. The number of benzene rings is 2. The monoisotopic (exact) mass is 923 g/mol. The Morgan fingerprint density at radius 3 is 2.37 bits per heavy atom. The second-order valence-corrected chi connectivity index (χ2v) is 17.6. The van der Waals surface area contributed by atoms with Crippen molar-refractivity contribution in [3.05, 3.63) is 83.3 Å². The molecule has 6 rings (SSSR count). The third-order valence-electron chi connectivity index (χ3n) is 12.5. The van der Waals surface area contributed by atoms with E-state index in [0.717, 1.165) is 22.0 Å². The molecule has 4 heterocycles. The van der Waals surface area contributed by atoms with Gasteiger partial charge >= 0.3 is 0 Å². The topological polar surface area (TPSA) is 325 Å². The second kappa shape index (κ2) is 22.4. The minimum Gasteiger partial charge on any atom is -0.370 e. The predicted molar refractivity (Wildman–Crippen MR) is 245 cm³/mol. The van der Waals surface area contributed by atoms with Crippen LogP contribution in [0.2, 0.25) is 0 Å². The van der Waals surface area contributed by atoms with Crippen molar-refractivity contribution in [3.8, 4) is 0 Å². The Morgan fingerprint density at radius 2 is 1.64 bits per heavy atom. The van der Waals surface area contributed by atoms with Crippen LogP contribution in [0, 0.1) is 12.8 Å². The third-order valence-corrected chi connectivity index (χ3v) is 12.5. The summed E-state index contributed by atoms with van der Waals surface area (Å²) in [7, 11) is 0. The van der Waals surface area contributed by atoms with E-state index in [1.165, 1.54) is 4.90 Å². The Labute approximate surface area is 387 Å². The van der Waals surface area contributed by atoms with Gasteiger partial charge in [-0.15, -0.1) is 5.10 Å². The zero-order valence-corrected chi connectivity index (χ0v) is 38.0. The molecule has 0 aliphatic carbocycles. The molecule has 12 N–H and O–H groups in total. The summed E-state index contributed by atoms with van der Waals surface area (Å²) < 4.78 is 1.60. The average molecular weight is 924 g/mol. The smallest absolute Gasteiger partial charge is 0.246 e. The molecule has 358 valence electrons. The number of H-pyrrole nitrogens is 1. The van der Waals surface area contributed by atoms with Gasteiger partial charge < -0.3 is 53.7 Å². The Hall–Kier alpha value is -7.16. The fourth-order valence-corrected chi connectivity index (χ4v) is 8.53. The lowest BCUT2D eigenvalue weighted by molar-refractivity contribution is -0.143. The molecule has 3 unspecified atom stereocenters. The van der Waals surface area contributed by atoms with E-state index < -0.39 is 108 Å². The summed E-state index contributed by atoms with van der Waals surface area (Å²) in [6, 6.07) is 6.85. The number of primary amides is 2. The zero-order valence-electron chi connectivity index (χ0n) is 38.0. The van der Waals surface area contributed by atoms with E-state index in [-0.39, 0.29) is 32.4 Å². The van der Waals surface area contributed by atoms with Crippen LogP contribution < -0.4 is 43.8 Å². The summed E-state index contributed by atoms with van der Waals surface area (Å²) in [6.07, 6.45) is 4.00. The molecule has 2 fully saturated rings. The van der Waals surface area contributed by atoms with Gasteiger partial charge in [0.05, 0.1) is 30.6 Å². The van der Waals surface area contributed by atoms with Gasteiger partial charge in [-0.3, -0.25) is 38.4 Å². The molecular formula is C46H61N13O8. The van der Waals surface area contributed by atoms with Crippen molar-refractivity contribution in [1.82, 2.24) is 51.5 Å². The molecule has 4 aromatic rings. The highest BCUT2D eigenvalue weighted by atomic mass is 16.2. The zero-order chi connectivity index (χ0) is 48.4. The van der Waals surface area contributed by atoms with Crippen LogP contribution in [0.5, 0.6) is 0 Å². The van der Waals surface area contributed by atoms with Crippen molar-refractivity contribution in [3.63, 3.8) is 0 Å². The minimum atomic E-state index is -1.57. The molecular weight excluding hydrogens is 863 g/mol. The molecule has 8 amide bonds. The van der Waals surface area contributed by atoms with Crippen LogP contribution in [-0.4, -0.2) is 121 Å². The molecule has 0 saturated carbocycles. The number of nitrogens with two attached hydrogens (primary N) is 3. The van der Waals surface area contributed by atoms with Gasteiger partial charge in [-0.25, -0.2) is 4.68 Å². The SMILES string of the molecule is CC[C@H](C)[C@@H]1NC(=O)C(CC(N)=O)NC(=O)[C@@H](N)CC(=O)NCCCCC(C(N)=O)NC(=O)[C@H](Cc2c[nH]c3ccccc23)NC(=O)[C@@H]2CC(n3cc(Cc4cccc(C)c4)nn3)CN2C1=O. The molecule has 2 aliphatic heterocycles. The van der Waals surface area contributed by atoms with Crippen molar-refractivity contribution < 1.29 is 38.4 Å². The lowest BCUT2D eigenvalue weighted by Gasteiger charge is -2.33. The van der Waals surface area contributed by atoms with Gasteiger partial charge in [0.25, 0.3) is 0 Å². The fourth-order valence-electron chi connectivity index (χ4n) is 8.53. The first-order valence-electron chi connectivity index (χ1n) is 22.6. The number of rotatable bonds is 10. The van der Waals surface area contributed by atoms with Crippen molar-refractivity contribution in [2.75, 3.05) is 13.1 Å². The second-order valence-electron chi connectivity index (χ2n) is 17.6. The van der Waals surface area contributed by atoms with Crippen molar-refractivity contribution in [2.24, 2.45) is 23.1 Å². The van der Waals surface area contributed by atoms with Gasteiger partial charge in [-0.1, -0.05) is 73.5 Å². The molecule has 21 heteroatoms. The molecule has 2 aromatic carbocycles. The normalized spacial score (nSPS) is 24.7. The van der Waals surface area contributed by atoms with Gasteiger partial charge in [-0.2, -0.15) is 0 Å². The molecule has 8 atom stereocenters. The summed E-state index contributed by atoms with van der Waals surface area (Å²) in [5.74, 6) is -6.77. The van der Waals surface area contributed by atoms with E-state index in [9.17, 15) is 33.6 Å². The Morgan fingerprint density at radius 1 is 0.896 bits per heavy atom. The summed E-state index contributed by atoms with van der Waals surface area (Å²) in [5, 5.41) is 23.0. The van der Waals surface area contributed by atoms with Crippen LogP contribution in [0.25, 0.3) is 10.9 Å². The van der Waals surface area contributed by atoms with E-state index in [1.54, 1.807) is 30.9 Å². The first kappa shape index (κ1) is 49.3. The van der Waals surface area contributed by atoms with Crippen LogP contribution in [0.1, 0.15) is 87.2 Å². The molecule has 0 bridgehead atoms. The number of carbonyl (C=O) groups is 8. The first-order chi connectivity index (χ1) is 32.0. The van der Waals surface area contributed by atoms with Crippen molar-refractivity contribution >= 4 is 58.2 Å². The number of para-hydroxylation sites is 1. The number of hydrogen-bond acceptors (Lipinski definition) is 11. The molecule has 0 radical (unpaired) electrons. The highest BCUT2D eigenvalue weighted by Crippen LogP contribution is 2.30. The van der Waals surface area contributed by atoms with Crippen molar-refractivity contribution in [1.29, 1.82) is 0 Å². The number of aryl methyl sites for hydroxylation is 1. The van der Waals surface area contributed by atoms with Gasteiger partial charge in [0.2, 0.25) is 47.3 Å². The van der Waals surface area contributed by atoms with Crippen LogP contribution >= 0.6 is 0 Å². The number of nitrogens with zero attached hydrogens (tertiary/aromatic N) is 4. The molecule has 2 saturated heterocycles. The number of carbonyl (C=O) groups excluding carboxylic acids is 8. The summed E-state index contributed by atoms with van der Waals surface area (Å²) in [6.45, 7) is 5.58. The van der Waals surface area contributed by atoms with E-state index in [4.69, 9.17) is 17.2 Å².